The normalized spacial score (nSPS) is 12.2. The van der Waals surface area contributed by atoms with Crippen LogP contribution in [0.5, 0.6) is 11.5 Å². The van der Waals surface area contributed by atoms with E-state index in [0.717, 1.165) is 48.6 Å². The van der Waals surface area contributed by atoms with Gasteiger partial charge in [0, 0.05) is 36.1 Å². The molecule has 0 heterocycles. The zero-order valence-corrected chi connectivity index (χ0v) is 42.3. The maximum Gasteiger partial charge on any atom is 0.330 e. The minimum Gasteiger partial charge on any atom is -0.489 e. The molecule has 2 rings (SSSR count). The van der Waals surface area contributed by atoms with E-state index in [9.17, 15) is 9.59 Å². The molecule has 0 aliphatic carbocycles. The Bertz CT molecular complexity index is 1370. The van der Waals surface area contributed by atoms with E-state index in [1.54, 1.807) is 0 Å². The zero-order valence-electron chi connectivity index (χ0n) is 42.3. The van der Waals surface area contributed by atoms with Crippen LogP contribution in [0.3, 0.4) is 0 Å². The monoisotopic (exact) mass is 921 g/mol. The van der Waals surface area contributed by atoms with Crippen LogP contribution >= 0.6 is 0 Å². The first-order valence-corrected chi connectivity index (χ1v) is 27.1. The molecule has 0 saturated carbocycles. The van der Waals surface area contributed by atoms with Gasteiger partial charge in [-0.25, -0.2) is 9.59 Å². The Morgan fingerprint density at radius 1 is 0.409 bits per heavy atom. The van der Waals surface area contributed by atoms with Crippen molar-refractivity contribution in [2.45, 2.75) is 232 Å². The van der Waals surface area contributed by atoms with Gasteiger partial charge < -0.3 is 28.4 Å². The molecule has 8 heteroatoms. The quantitative estimate of drug-likeness (QED) is 0.0368. The van der Waals surface area contributed by atoms with Gasteiger partial charge >= 0.3 is 11.9 Å². The van der Waals surface area contributed by atoms with Crippen LogP contribution in [0.15, 0.2) is 61.7 Å². The smallest absolute Gasteiger partial charge is 0.330 e. The summed E-state index contributed by atoms with van der Waals surface area (Å²) in [6.07, 6.45) is 43.5. The van der Waals surface area contributed by atoms with Crippen molar-refractivity contribution in [1.82, 2.24) is 0 Å². The molecule has 0 saturated heterocycles. The van der Waals surface area contributed by atoms with Gasteiger partial charge in [0.1, 0.15) is 24.7 Å². The van der Waals surface area contributed by atoms with Crippen molar-refractivity contribution >= 4 is 22.7 Å². The van der Waals surface area contributed by atoms with Crippen molar-refractivity contribution in [3.63, 3.8) is 0 Å². The van der Waals surface area contributed by atoms with Crippen LogP contribution in [0.4, 0.5) is 0 Å². The Labute approximate surface area is 403 Å². The van der Waals surface area contributed by atoms with Gasteiger partial charge in [0.15, 0.2) is 12.2 Å². The third kappa shape index (κ3) is 31.6. The second-order valence-corrected chi connectivity index (χ2v) is 18.5. The molecule has 2 atom stereocenters. The van der Waals surface area contributed by atoms with E-state index in [1.807, 2.05) is 36.4 Å². The number of carbonyl (C=O) groups is 2. The van der Waals surface area contributed by atoms with E-state index in [4.69, 9.17) is 28.4 Å². The molecule has 376 valence electrons. The number of hydrogen-bond acceptors (Lipinski definition) is 8. The summed E-state index contributed by atoms with van der Waals surface area (Å²) in [4.78, 5) is 24.4. The molecule has 0 spiro atoms. The van der Waals surface area contributed by atoms with Gasteiger partial charge in [0.05, 0.1) is 13.2 Å². The molecule has 0 aromatic heterocycles. The number of fused-ring (bicyclic) bond motifs is 1. The Hall–Kier alpha value is -3.36. The Morgan fingerprint density at radius 2 is 0.682 bits per heavy atom. The van der Waals surface area contributed by atoms with Crippen LogP contribution < -0.4 is 9.47 Å². The summed E-state index contributed by atoms with van der Waals surface area (Å²) >= 11 is 0. The maximum atomic E-state index is 12.2. The molecule has 0 aliphatic heterocycles. The van der Waals surface area contributed by atoms with Crippen LogP contribution in [-0.4, -0.2) is 63.8 Å². The summed E-state index contributed by atoms with van der Waals surface area (Å²) in [6.45, 7) is 13.6. The lowest BCUT2D eigenvalue weighted by atomic mass is 10.0. The second kappa shape index (κ2) is 43.0. The van der Waals surface area contributed by atoms with E-state index in [2.05, 4.69) is 27.0 Å². The fourth-order valence-corrected chi connectivity index (χ4v) is 8.45. The van der Waals surface area contributed by atoms with Gasteiger partial charge in [-0.3, -0.25) is 0 Å². The van der Waals surface area contributed by atoms with Crippen LogP contribution in [0.2, 0.25) is 0 Å². The van der Waals surface area contributed by atoms with Crippen molar-refractivity contribution in [3.05, 3.63) is 61.7 Å². The van der Waals surface area contributed by atoms with Crippen molar-refractivity contribution in [3.8, 4) is 11.5 Å². The van der Waals surface area contributed by atoms with E-state index >= 15 is 0 Å². The number of unbranched alkanes of at least 4 members (excludes halogenated alkanes) is 30. The fourth-order valence-electron chi connectivity index (χ4n) is 8.45. The third-order valence-electron chi connectivity index (χ3n) is 12.5. The van der Waals surface area contributed by atoms with E-state index in [-0.39, 0.29) is 26.4 Å². The van der Waals surface area contributed by atoms with Crippen molar-refractivity contribution in [1.29, 1.82) is 0 Å². The molecule has 0 N–H and O–H groups in total. The molecule has 0 fully saturated rings. The predicted octanol–water partition coefficient (Wildman–Crippen LogP) is 16.3. The maximum absolute atomic E-state index is 12.2. The molecule has 0 radical (unpaired) electrons. The minimum atomic E-state index is -0.592. The van der Waals surface area contributed by atoms with E-state index < -0.39 is 24.1 Å². The molecule has 0 amide bonds. The highest BCUT2D eigenvalue weighted by Crippen LogP contribution is 2.33. The average molecular weight is 921 g/mol. The molecule has 66 heavy (non-hydrogen) atoms. The van der Waals surface area contributed by atoms with Crippen LogP contribution in [0.1, 0.15) is 219 Å². The highest BCUT2D eigenvalue weighted by molar-refractivity contribution is 5.93. The largest absolute Gasteiger partial charge is 0.489 e. The molecule has 2 aromatic carbocycles. The Balaban J connectivity index is 1.68. The third-order valence-corrected chi connectivity index (χ3v) is 12.5. The lowest BCUT2D eigenvalue weighted by molar-refractivity contribution is -0.148. The lowest BCUT2D eigenvalue weighted by Gasteiger charge is -2.20. The number of carbonyl (C=O) groups excluding carboxylic acids is 2. The number of rotatable bonds is 48. The van der Waals surface area contributed by atoms with Gasteiger partial charge in [-0.2, -0.15) is 0 Å². The van der Waals surface area contributed by atoms with Crippen molar-refractivity contribution in [2.24, 2.45) is 0 Å². The minimum absolute atomic E-state index is 0.124. The fraction of sp³-hybridized carbons (Fsp3) is 0.724. The first-order chi connectivity index (χ1) is 32.5. The SMILES string of the molecule is C=CC(=O)OC(COCCCCCCCCCCCCCCCCCC)COc1ccc(OCC(COCCCCCCCCCCCCCCCCCC)OC(=O)C=C)c2ccccc12. The number of ether oxygens (including phenoxy) is 6. The highest BCUT2D eigenvalue weighted by atomic mass is 16.6. The summed E-state index contributed by atoms with van der Waals surface area (Å²) in [6, 6.07) is 11.5. The highest BCUT2D eigenvalue weighted by Gasteiger charge is 2.18. The average Bonchev–Trinajstić information content (AvgIpc) is 3.33. The number of hydrogen-bond donors (Lipinski definition) is 0. The summed E-state index contributed by atoms with van der Waals surface area (Å²) in [5.41, 5.74) is 0. The van der Waals surface area contributed by atoms with Gasteiger partial charge in [0.25, 0.3) is 0 Å². The standard InChI is InChI=1S/C58H96O8/c1-5-9-11-13-15-17-19-21-23-25-27-29-31-33-35-39-45-61-47-51(65-57(59)7-3)49-63-55-43-44-56(54-42-38-37-41-53(54)55)64-50-52(66-58(60)8-4)48-62-46-40-36-34-32-30-28-26-24-22-20-18-16-14-12-10-6-2/h7-8,37-38,41-44,51-52H,3-6,9-36,39-40,45-50H2,1-2H3. The van der Waals surface area contributed by atoms with Crippen LogP contribution in [-0.2, 0) is 28.5 Å². The Kier molecular flexibility index (Phi) is 38.2. The number of esters is 2. The van der Waals surface area contributed by atoms with Gasteiger partial charge in [-0.05, 0) is 25.0 Å². The molecular weight excluding hydrogens is 825 g/mol. The van der Waals surface area contributed by atoms with E-state index in [0.29, 0.717) is 24.7 Å². The molecule has 0 aliphatic rings. The molecule has 2 aromatic rings. The van der Waals surface area contributed by atoms with Gasteiger partial charge in [-0.15, -0.1) is 0 Å². The first kappa shape index (κ1) is 58.8. The lowest BCUT2D eigenvalue weighted by Crippen LogP contribution is -2.30. The summed E-state index contributed by atoms with van der Waals surface area (Å²) in [7, 11) is 0. The molecular formula is C58H96O8. The van der Waals surface area contributed by atoms with Crippen molar-refractivity contribution < 1.29 is 38.0 Å². The molecule has 8 nitrogen and oxygen atoms in total. The summed E-state index contributed by atoms with van der Waals surface area (Å²) in [5.74, 6) is 0.243. The second-order valence-electron chi connectivity index (χ2n) is 18.5. The predicted molar refractivity (Wildman–Crippen MR) is 276 cm³/mol. The summed E-state index contributed by atoms with van der Waals surface area (Å²) in [5, 5.41) is 1.69. The van der Waals surface area contributed by atoms with Crippen LogP contribution in [0.25, 0.3) is 10.8 Å². The van der Waals surface area contributed by atoms with Crippen molar-refractivity contribution in [2.75, 3.05) is 39.6 Å². The Morgan fingerprint density at radius 3 is 0.955 bits per heavy atom. The van der Waals surface area contributed by atoms with E-state index in [1.165, 1.54) is 180 Å². The van der Waals surface area contributed by atoms with Crippen LogP contribution in [0, 0.1) is 0 Å². The van der Waals surface area contributed by atoms with Gasteiger partial charge in [-0.1, -0.05) is 244 Å². The number of benzene rings is 2. The topological polar surface area (TPSA) is 89.5 Å². The molecule has 2 unspecified atom stereocenters. The van der Waals surface area contributed by atoms with Gasteiger partial charge in [0.2, 0.25) is 0 Å². The summed E-state index contributed by atoms with van der Waals surface area (Å²) < 4.78 is 35.7. The zero-order chi connectivity index (χ0) is 47.4. The molecule has 0 bridgehead atoms. The first-order valence-electron chi connectivity index (χ1n) is 27.1.